The molecule has 1 rings (SSSR count). The van der Waals surface area contributed by atoms with Crippen LogP contribution in [0.2, 0.25) is 0 Å². The van der Waals surface area contributed by atoms with E-state index in [9.17, 15) is 13.2 Å². The Morgan fingerprint density at radius 3 is 2.48 bits per heavy atom. The molecule has 0 spiro atoms. The van der Waals surface area contributed by atoms with Gasteiger partial charge in [-0.1, -0.05) is 0 Å². The number of hydrogen-bond acceptors (Lipinski definition) is 6. The Morgan fingerprint density at radius 1 is 1.38 bits per heavy atom. The zero-order chi connectivity index (χ0) is 16.2. The number of furan rings is 1. The van der Waals surface area contributed by atoms with Crippen LogP contribution < -0.4 is 4.72 Å². The second-order valence-electron chi connectivity index (χ2n) is 4.51. The van der Waals surface area contributed by atoms with Gasteiger partial charge < -0.3 is 19.4 Å². The van der Waals surface area contributed by atoms with Crippen molar-refractivity contribution in [2.75, 3.05) is 20.3 Å². The molecule has 0 amide bonds. The van der Waals surface area contributed by atoms with Crippen molar-refractivity contribution in [2.24, 2.45) is 0 Å². The van der Waals surface area contributed by atoms with Crippen LogP contribution in [0.5, 0.6) is 0 Å². The van der Waals surface area contributed by atoms with E-state index in [0.29, 0.717) is 0 Å². The lowest BCUT2D eigenvalue weighted by Crippen LogP contribution is -2.39. The number of methoxy groups -OCH3 is 1. The van der Waals surface area contributed by atoms with Gasteiger partial charge in [-0.3, -0.25) is 0 Å². The molecule has 0 fully saturated rings. The molecule has 0 radical (unpaired) electrons. The zero-order valence-electron chi connectivity index (χ0n) is 12.0. The summed E-state index contributed by atoms with van der Waals surface area (Å²) >= 11 is 0. The first-order chi connectivity index (χ1) is 9.74. The number of nitrogens with one attached hydrogen (secondary N) is 1. The predicted octanol–water partition coefficient (Wildman–Crippen LogP) is 0.270. The van der Waals surface area contributed by atoms with Gasteiger partial charge in [0, 0.05) is 19.8 Å². The van der Waals surface area contributed by atoms with Crippen LogP contribution in [0.15, 0.2) is 9.31 Å². The molecule has 120 valence electrons. The molecule has 0 aliphatic heterocycles. The number of aliphatic hydroxyl groups excluding tert-OH is 1. The molecular formula is C12H19NO7S. The molecular weight excluding hydrogens is 302 g/mol. The van der Waals surface area contributed by atoms with Gasteiger partial charge in [0.25, 0.3) is 0 Å². The molecule has 1 atom stereocenters. The molecule has 0 saturated carbocycles. The first kappa shape index (κ1) is 17.6. The van der Waals surface area contributed by atoms with Crippen molar-refractivity contribution in [3.8, 4) is 0 Å². The van der Waals surface area contributed by atoms with E-state index in [1.807, 2.05) is 0 Å². The fourth-order valence-electron chi connectivity index (χ4n) is 2.05. The van der Waals surface area contributed by atoms with Crippen LogP contribution in [0.3, 0.4) is 0 Å². The van der Waals surface area contributed by atoms with Crippen LogP contribution in [0.1, 0.15) is 28.3 Å². The summed E-state index contributed by atoms with van der Waals surface area (Å²) in [5.74, 6) is -1.36. The van der Waals surface area contributed by atoms with E-state index in [-0.39, 0.29) is 36.7 Å². The Bertz CT molecular complexity index is 599. The van der Waals surface area contributed by atoms with Crippen LogP contribution in [-0.4, -0.2) is 51.0 Å². The van der Waals surface area contributed by atoms with E-state index >= 15 is 0 Å². The number of rotatable bonds is 8. The van der Waals surface area contributed by atoms with Gasteiger partial charge in [0.1, 0.15) is 22.0 Å². The van der Waals surface area contributed by atoms with Crippen molar-refractivity contribution in [2.45, 2.75) is 31.2 Å². The molecule has 9 heteroatoms. The molecule has 0 aliphatic rings. The molecule has 0 bridgehead atoms. The number of carbonyl (C=O) groups is 1. The quantitative estimate of drug-likeness (QED) is 0.627. The maximum Gasteiger partial charge on any atom is 0.340 e. The first-order valence-electron chi connectivity index (χ1n) is 6.20. The van der Waals surface area contributed by atoms with Gasteiger partial charge in [0.15, 0.2) is 0 Å². The minimum absolute atomic E-state index is 0.00225. The molecule has 8 nitrogen and oxygen atoms in total. The van der Waals surface area contributed by atoms with Crippen molar-refractivity contribution >= 4 is 16.0 Å². The summed E-state index contributed by atoms with van der Waals surface area (Å²) < 4.78 is 37.1. The van der Waals surface area contributed by atoms with Gasteiger partial charge in [-0.15, -0.1) is 0 Å². The van der Waals surface area contributed by atoms with E-state index in [4.69, 9.17) is 19.4 Å². The van der Waals surface area contributed by atoms with Crippen LogP contribution in [0.4, 0.5) is 0 Å². The van der Waals surface area contributed by atoms with Crippen LogP contribution >= 0.6 is 0 Å². The lowest BCUT2D eigenvalue weighted by atomic mass is 10.2. The summed E-state index contributed by atoms with van der Waals surface area (Å²) in [6, 6.07) is -0.666. The molecule has 1 aromatic heterocycles. The standard InChI is InChI=1S/C12H19NO7S/c1-7-10(12(15)16)11(8(2)20-7)21(17,18)13-9(4-5-14)6-19-3/h9,13-14H,4-6H2,1-3H3,(H,15,16). The molecule has 1 aromatic rings. The number of aromatic carboxylic acids is 1. The van der Waals surface area contributed by atoms with E-state index in [0.717, 1.165) is 0 Å². The van der Waals surface area contributed by atoms with Crippen molar-refractivity contribution in [3.63, 3.8) is 0 Å². The third-order valence-corrected chi connectivity index (χ3v) is 4.53. The average Bonchev–Trinajstić information content (AvgIpc) is 2.65. The van der Waals surface area contributed by atoms with Crippen molar-refractivity contribution < 1.29 is 32.6 Å². The number of sulfonamides is 1. The third kappa shape index (κ3) is 4.03. The molecule has 1 unspecified atom stereocenters. The van der Waals surface area contributed by atoms with Gasteiger partial charge in [-0.05, 0) is 20.3 Å². The molecule has 1 heterocycles. The fraction of sp³-hybridized carbons (Fsp3) is 0.583. The number of aliphatic hydroxyl groups is 1. The normalized spacial score (nSPS) is 13.3. The third-order valence-electron chi connectivity index (χ3n) is 2.85. The smallest absolute Gasteiger partial charge is 0.340 e. The van der Waals surface area contributed by atoms with Crippen LogP contribution in [0.25, 0.3) is 0 Å². The average molecular weight is 321 g/mol. The van der Waals surface area contributed by atoms with Gasteiger partial charge in [0.05, 0.1) is 6.61 Å². The Labute approximate surface area is 122 Å². The summed E-state index contributed by atoms with van der Waals surface area (Å²) in [4.78, 5) is 10.8. The number of carboxylic acid groups (broad SMARTS) is 1. The highest BCUT2D eigenvalue weighted by Crippen LogP contribution is 2.26. The number of ether oxygens (including phenoxy) is 1. The van der Waals surface area contributed by atoms with Crippen LogP contribution in [0, 0.1) is 13.8 Å². The van der Waals surface area contributed by atoms with Crippen molar-refractivity contribution in [1.82, 2.24) is 4.72 Å². The predicted molar refractivity (Wildman–Crippen MR) is 72.8 cm³/mol. The summed E-state index contributed by atoms with van der Waals surface area (Å²) in [5.41, 5.74) is -0.389. The summed E-state index contributed by atoms with van der Waals surface area (Å²) in [6.45, 7) is 2.59. The molecule has 21 heavy (non-hydrogen) atoms. The minimum atomic E-state index is -4.11. The Morgan fingerprint density at radius 2 is 2.00 bits per heavy atom. The molecule has 0 aliphatic carbocycles. The number of carboxylic acids is 1. The highest BCUT2D eigenvalue weighted by atomic mass is 32.2. The van der Waals surface area contributed by atoms with Gasteiger partial charge >= 0.3 is 5.97 Å². The van der Waals surface area contributed by atoms with Crippen molar-refractivity contribution in [3.05, 3.63) is 17.1 Å². The number of aryl methyl sites for hydroxylation is 2. The highest BCUT2D eigenvalue weighted by Gasteiger charge is 2.32. The number of hydrogen-bond donors (Lipinski definition) is 3. The summed E-state index contributed by atoms with van der Waals surface area (Å²) in [6.07, 6.45) is 0.144. The van der Waals surface area contributed by atoms with Gasteiger partial charge in [0.2, 0.25) is 10.0 Å². The maximum atomic E-state index is 12.4. The summed E-state index contributed by atoms with van der Waals surface area (Å²) in [7, 11) is -2.71. The lowest BCUT2D eigenvalue weighted by molar-refractivity contribution is 0.0691. The second-order valence-corrected chi connectivity index (χ2v) is 6.16. The molecule has 3 N–H and O–H groups in total. The lowest BCUT2D eigenvalue weighted by Gasteiger charge is -2.17. The SMILES string of the molecule is COCC(CCO)NS(=O)(=O)c1c(C)oc(C)c1C(=O)O. The monoisotopic (exact) mass is 321 g/mol. The highest BCUT2D eigenvalue weighted by molar-refractivity contribution is 7.89. The van der Waals surface area contributed by atoms with E-state index in [2.05, 4.69) is 4.72 Å². The van der Waals surface area contributed by atoms with Crippen LogP contribution in [-0.2, 0) is 14.8 Å². The Balaban J connectivity index is 3.22. The molecule has 0 saturated heterocycles. The summed E-state index contributed by atoms with van der Waals surface area (Å²) in [5, 5.41) is 18.1. The topological polar surface area (TPSA) is 126 Å². The van der Waals surface area contributed by atoms with E-state index in [1.165, 1.54) is 21.0 Å². The van der Waals surface area contributed by atoms with Gasteiger partial charge in [-0.2, -0.15) is 0 Å². The maximum absolute atomic E-state index is 12.4. The van der Waals surface area contributed by atoms with Gasteiger partial charge in [-0.25, -0.2) is 17.9 Å². The van der Waals surface area contributed by atoms with E-state index < -0.39 is 26.9 Å². The minimum Gasteiger partial charge on any atom is -0.478 e. The largest absolute Gasteiger partial charge is 0.478 e. The zero-order valence-corrected chi connectivity index (χ0v) is 12.9. The fourth-order valence-corrected chi connectivity index (χ4v) is 3.71. The van der Waals surface area contributed by atoms with Crippen molar-refractivity contribution in [1.29, 1.82) is 0 Å². The second kappa shape index (κ2) is 7.03. The Kier molecular flexibility index (Phi) is 5.90. The van der Waals surface area contributed by atoms with E-state index in [1.54, 1.807) is 0 Å². The molecule has 0 aromatic carbocycles. The Hall–Kier alpha value is -1.42. The first-order valence-corrected chi connectivity index (χ1v) is 7.68.